The fraction of sp³-hybridized carbons (Fsp3) is 0.945. The van der Waals surface area contributed by atoms with Crippen molar-refractivity contribution >= 4 is 39.5 Å². The number of ether oxygens (including phenoxy) is 4. The van der Waals surface area contributed by atoms with E-state index in [1.54, 1.807) is 0 Å². The molecule has 0 saturated carbocycles. The van der Waals surface area contributed by atoms with Crippen LogP contribution in [0.1, 0.15) is 375 Å². The van der Waals surface area contributed by atoms with Gasteiger partial charge in [0, 0.05) is 25.7 Å². The van der Waals surface area contributed by atoms with Gasteiger partial charge < -0.3 is 33.8 Å². The Bertz CT molecular complexity index is 1790. The quantitative estimate of drug-likeness (QED) is 0.0222. The number of hydrogen-bond acceptors (Lipinski definition) is 15. The SMILES string of the molecule is CCCCCCCCCCCCCCCCCCC(=O)O[C@H](COC(=O)CCCCCCCCCCCCCCC(C)C)COP(=O)(O)OC[C@@H](O)COP(=O)(O)OC[C@@H](COC(=O)CCCCCCCCCCC)OC(=O)CCCCCCCCCCCC(C)C. The van der Waals surface area contributed by atoms with Gasteiger partial charge in [-0.05, 0) is 37.5 Å². The summed E-state index contributed by atoms with van der Waals surface area (Å²) in [5, 5.41) is 10.6. The van der Waals surface area contributed by atoms with Gasteiger partial charge in [-0.1, -0.05) is 324 Å². The first-order valence-electron chi connectivity index (χ1n) is 38.0. The average Bonchev–Trinajstić information content (AvgIpc) is 3.23. The highest BCUT2D eigenvalue weighted by molar-refractivity contribution is 7.47. The summed E-state index contributed by atoms with van der Waals surface area (Å²) < 4.78 is 68.4. The molecule has 0 rings (SSSR count). The molecule has 0 fully saturated rings. The van der Waals surface area contributed by atoms with Crippen molar-refractivity contribution in [1.29, 1.82) is 0 Å². The average molecular weight is 1350 g/mol. The van der Waals surface area contributed by atoms with Gasteiger partial charge in [-0.25, -0.2) is 9.13 Å². The summed E-state index contributed by atoms with van der Waals surface area (Å²) in [6.45, 7) is 9.55. The molecule has 0 amide bonds. The van der Waals surface area contributed by atoms with Gasteiger partial charge >= 0.3 is 39.5 Å². The van der Waals surface area contributed by atoms with Crippen molar-refractivity contribution in [2.75, 3.05) is 39.6 Å². The van der Waals surface area contributed by atoms with Crippen LogP contribution in [0.15, 0.2) is 0 Å². The zero-order valence-electron chi connectivity index (χ0n) is 59.9. The van der Waals surface area contributed by atoms with E-state index in [2.05, 4.69) is 41.5 Å². The van der Waals surface area contributed by atoms with E-state index in [1.165, 1.54) is 193 Å². The van der Waals surface area contributed by atoms with Crippen molar-refractivity contribution in [3.05, 3.63) is 0 Å². The van der Waals surface area contributed by atoms with Crippen LogP contribution < -0.4 is 0 Å². The maximum Gasteiger partial charge on any atom is 0.472 e. The number of aliphatic hydroxyl groups is 1. The number of phosphoric ester groups is 2. The highest BCUT2D eigenvalue weighted by atomic mass is 31.2. The van der Waals surface area contributed by atoms with Crippen LogP contribution in [0.3, 0.4) is 0 Å². The number of carbonyl (C=O) groups excluding carboxylic acids is 4. The highest BCUT2D eigenvalue weighted by Gasteiger charge is 2.30. The minimum Gasteiger partial charge on any atom is -0.462 e. The lowest BCUT2D eigenvalue weighted by molar-refractivity contribution is -0.161. The third-order valence-corrected chi connectivity index (χ3v) is 18.9. The van der Waals surface area contributed by atoms with E-state index in [1.807, 2.05) is 0 Å². The van der Waals surface area contributed by atoms with Crippen LogP contribution in [0.5, 0.6) is 0 Å². The summed E-state index contributed by atoms with van der Waals surface area (Å²) >= 11 is 0. The minimum absolute atomic E-state index is 0.105. The minimum atomic E-state index is -4.95. The monoisotopic (exact) mass is 1350 g/mol. The largest absolute Gasteiger partial charge is 0.472 e. The highest BCUT2D eigenvalue weighted by Crippen LogP contribution is 2.45. The second-order valence-corrected chi connectivity index (χ2v) is 30.2. The van der Waals surface area contributed by atoms with Crippen LogP contribution >= 0.6 is 15.6 Å². The summed E-state index contributed by atoms with van der Waals surface area (Å²) in [7, 11) is -9.90. The standard InChI is InChI=1S/C73H142O17P2/c1-7-9-11-13-15-17-18-19-20-21-22-27-33-39-45-51-57-72(77)89-69(62-84-71(76)56-50-44-38-32-26-24-23-25-30-35-41-47-53-65(3)4)64-88-92(81,82)86-60-67(74)59-85-91(79,80)87-63-68(61-83-70(75)55-49-43-37-29-16-14-12-10-8-2)90-73(78)58-52-46-40-34-28-31-36-42-48-54-66(5)6/h65-69,74H,7-64H2,1-6H3,(H,79,80)(H,81,82)/t67-,68+,69+/m0/s1. The molecule has 3 N–H and O–H groups in total. The normalized spacial score (nSPS) is 14.1. The van der Waals surface area contributed by atoms with E-state index < -0.39 is 97.5 Å². The smallest absolute Gasteiger partial charge is 0.462 e. The summed E-state index contributed by atoms with van der Waals surface area (Å²) in [6.07, 6.45) is 51.3. The lowest BCUT2D eigenvalue weighted by atomic mass is 10.0. The van der Waals surface area contributed by atoms with Crippen LogP contribution in [-0.4, -0.2) is 96.7 Å². The molecule has 0 saturated heterocycles. The van der Waals surface area contributed by atoms with E-state index in [-0.39, 0.29) is 25.7 Å². The van der Waals surface area contributed by atoms with Gasteiger partial charge in [0.1, 0.15) is 19.3 Å². The summed E-state index contributed by atoms with van der Waals surface area (Å²) in [5.41, 5.74) is 0. The zero-order valence-corrected chi connectivity index (χ0v) is 61.6. The van der Waals surface area contributed by atoms with E-state index in [4.69, 9.17) is 37.0 Å². The first kappa shape index (κ1) is 90.1. The molecular formula is C73H142O17P2. The second kappa shape index (κ2) is 65.0. The van der Waals surface area contributed by atoms with E-state index in [9.17, 15) is 43.2 Å². The van der Waals surface area contributed by atoms with Crippen LogP contribution in [0.4, 0.5) is 0 Å². The van der Waals surface area contributed by atoms with Crippen molar-refractivity contribution in [2.45, 2.75) is 394 Å². The van der Waals surface area contributed by atoms with Crippen LogP contribution in [0, 0.1) is 11.8 Å². The van der Waals surface area contributed by atoms with Crippen molar-refractivity contribution in [2.24, 2.45) is 11.8 Å². The molecule has 0 aromatic heterocycles. The summed E-state index contributed by atoms with van der Waals surface area (Å²) in [4.78, 5) is 72.6. The molecule has 0 heterocycles. The fourth-order valence-electron chi connectivity index (χ4n) is 11.1. The number of carbonyl (C=O) groups is 4. The Labute approximate surface area is 562 Å². The zero-order chi connectivity index (χ0) is 67.9. The number of esters is 4. The molecule has 5 atom stereocenters. The number of unbranched alkanes of at least 4 members (excludes halogenated alkanes) is 42. The van der Waals surface area contributed by atoms with Gasteiger partial charge in [0.25, 0.3) is 0 Å². The Morgan fingerprint density at radius 2 is 0.500 bits per heavy atom. The Morgan fingerprint density at radius 1 is 0.293 bits per heavy atom. The number of phosphoric acid groups is 2. The predicted molar refractivity (Wildman–Crippen MR) is 372 cm³/mol. The summed E-state index contributed by atoms with van der Waals surface area (Å²) in [5.74, 6) is -0.601. The molecule has 0 radical (unpaired) electrons. The second-order valence-electron chi connectivity index (χ2n) is 27.3. The Hall–Kier alpha value is -1.94. The van der Waals surface area contributed by atoms with Crippen molar-refractivity contribution in [1.82, 2.24) is 0 Å². The number of aliphatic hydroxyl groups excluding tert-OH is 1. The maximum atomic E-state index is 13.1. The molecule has 0 bridgehead atoms. The van der Waals surface area contributed by atoms with Gasteiger partial charge in [-0.15, -0.1) is 0 Å². The third-order valence-electron chi connectivity index (χ3n) is 17.0. The Kier molecular flexibility index (Phi) is 63.7. The molecule has 0 aliphatic heterocycles. The van der Waals surface area contributed by atoms with Crippen molar-refractivity contribution in [3.63, 3.8) is 0 Å². The molecule has 0 aromatic carbocycles. The predicted octanol–water partition coefficient (Wildman–Crippen LogP) is 21.2. The number of hydrogen-bond donors (Lipinski definition) is 3. The van der Waals surface area contributed by atoms with Gasteiger partial charge in [-0.2, -0.15) is 0 Å². The summed E-state index contributed by atoms with van der Waals surface area (Å²) in [6, 6.07) is 0. The number of rotatable bonds is 72. The van der Waals surface area contributed by atoms with Gasteiger partial charge in [-0.3, -0.25) is 37.3 Å². The van der Waals surface area contributed by atoms with E-state index >= 15 is 0 Å². The lowest BCUT2D eigenvalue weighted by Crippen LogP contribution is -2.30. The molecule has 0 aromatic rings. The maximum absolute atomic E-state index is 13.1. The van der Waals surface area contributed by atoms with Gasteiger partial charge in [0.2, 0.25) is 0 Å². The molecule has 0 spiro atoms. The van der Waals surface area contributed by atoms with Crippen molar-refractivity contribution in [3.8, 4) is 0 Å². The van der Waals surface area contributed by atoms with Crippen LogP contribution in [0.2, 0.25) is 0 Å². The molecule has 0 aliphatic rings. The van der Waals surface area contributed by atoms with E-state index in [0.29, 0.717) is 25.7 Å². The Morgan fingerprint density at radius 3 is 0.739 bits per heavy atom. The molecular weight excluding hydrogens is 1210 g/mol. The third kappa shape index (κ3) is 66.7. The van der Waals surface area contributed by atoms with Crippen LogP contribution in [-0.2, 0) is 65.4 Å². The van der Waals surface area contributed by atoms with Gasteiger partial charge in [0.05, 0.1) is 26.4 Å². The first-order chi connectivity index (χ1) is 44.4. The molecule has 2 unspecified atom stereocenters. The van der Waals surface area contributed by atoms with Gasteiger partial charge in [0.15, 0.2) is 12.2 Å². The lowest BCUT2D eigenvalue weighted by Gasteiger charge is -2.21. The topological polar surface area (TPSA) is 237 Å². The molecule has 546 valence electrons. The molecule has 17 nitrogen and oxygen atoms in total. The van der Waals surface area contributed by atoms with Crippen LogP contribution in [0.25, 0.3) is 0 Å². The Balaban J connectivity index is 5.24. The molecule has 92 heavy (non-hydrogen) atoms. The van der Waals surface area contributed by atoms with Crippen molar-refractivity contribution < 1.29 is 80.2 Å². The molecule has 19 heteroatoms. The molecule has 0 aliphatic carbocycles. The first-order valence-corrected chi connectivity index (χ1v) is 41.0. The fourth-order valence-corrected chi connectivity index (χ4v) is 12.7. The van der Waals surface area contributed by atoms with E-state index in [0.717, 1.165) is 102 Å².